The minimum absolute atomic E-state index is 0.0225. The average molecular weight is 296 g/mol. The van der Waals surface area contributed by atoms with Gasteiger partial charge >= 0.3 is 0 Å². The molecule has 0 aromatic heterocycles. The fraction of sp³-hybridized carbons (Fsp3) is 0.429. The van der Waals surface area contributed by atoms with Gasteiger partial charge in [0.1, 0.15) is 5.41 Å². The molecular weight excluding hydrogens is 278 g/mol. The lowest BCUT2D eigenvalue weighted by atomic mass is 9.83. The van der Waals surface area contributed by atoms with Gasteiger partial charge < -0.3 is 16.3 Å². The first-order valence-corrected chi connectivity index (χ1v) is 6.93. The SMILES string of the molecule is Cc1ccc(NC(=O)C2(C(N)=NO)CCCC2)cc1Cl. The Bertz CT molecular complexity index is 551. The van der Waals surface area contributed by atoms with Gasteiger partial charge in [0, 0.05) is 10.7 Å². The van der Waals surface area contributed by atoms with Crippen LogP contribution in [0.1, 0.15) is 31.2 Å². The highest BCUT2D eigenvalue weighted by molar-refractivity contribution is 6.31. The van der Waals surface area contributed by atoms with Crippen LogP contribution in [0.25, 0.3) is 0 Å². The van der Waals surface area contributed by atoms with Gasteiger partial charge in [-0.25, -0.2) is 0 Å². The molecule has 0 saturated heterocycles. The summed E-state index contributed by atoms with van der Waals surface area (Å²) in [6, 6.07) is 5.32. The van der Waals surface area contributed by atoms with E-state index in [1.807, 2.05) is 13.0 Å². The standard InChI is InChI=1S/C14H18ClN3O2/c1-9-4-5-10(8-11(9)15)17-13(19)14(12(16)18-20)6-2-3-7-14/h4-5,8,20H,2-3,6-7H2,1H3,(H2,16,18)(H,17,19). The first-order valence-electron chi connectivity index (χ1n) is 6.55. The summed E-state index contributed by atoms with van der Waals surface area (Å²) in [5, 5.41) is 15.4. The second kappa shape index (κ2) is 5.71. The molecule has 0 unspecified atom stereocenters. The van der Waals surface area contributed by atoms with Gasteiger partial charge in [-0.2, -0.15) is 0 Å². The van der Waals surface area contributed by atoms with Gasteiger partial charge in [-0.05, 0) is 37.5 Å². The van der Waals surface area contributed by atoms with E-state index in [1.54, 1.807) is 12.1 Å². The van der Waals surface area contributed by atoms with Crippen molar-refractivity contribution in [2.75, 3.05) is 5.32 Å². The van der Waals surface area contributed by atoms with Gasteiger partial charge in [-0.3, -0.25) is 4.79 Å². The van der Waals surface area contributed by atoms with Crippen molar-refractivity contribution in [3.05, 3.63) is 28.8 Å². The number of amidine groups is 1. The topological polar surface area (TPSA) is 87.7 Å². The zero-order valence-corrected chi connectivity index (χ0v) is 12.1. The van der Waals surface area contributed by atoms with Crippen LogP contribution in [0.4, 0.5) is 5.69 Å². The molecule has 5 nitrogen and oxygen atoms in total. The first kappa shape index (κ1) is 14.7. The Hall–Kier alpha value is -1.75. The van der Waals surface area contributed by atoms with Gasteiger partial charge in [0.2, 0.25) is 5.91 Å². The van der Waals surface area contributed by atoms with Gasteiger partial charge in [-0.15, -0.1) is 0 Å². The molecule has 1 aromatic rings. The zero-order valence-electron chi connectivity index (χ0n) is 11.3. The number of anilines is 1. The van der Waals surface area contributed by atoms with E-state index < -0.39 is 5.41 Å². The number of nitrogens with one attached hydrogen (secondary N) is 1. The van der Waals surface area contributed by atoms with Crippen LogP contribution in [0.3, 0.4) is 0 Å². The van der Waals surface area contributed by atoms with Gasteiger partial charge in [0.05, 0.1) is 0 Å². The molecule has 0 radical (unpaired) electrons. The number of halogens is 1. The number of oxime groups is 1. The highest BCUT2D eigenvalue weighted by Crippen LogP contribution is 2.39. The Labute approximate surface area is 122 Å². The number of amides is 1. The average Bonchev–Trinajstić information content (AvgIpc) is 2.93. The van der Waals surface area contributed by atoms with Crippen molar-refractivity contribution in [1.29, 1.82) is 0 Å². The monoisotopic (exact) mass is 295 g/mol. The molecule has 1 saturated carbocycles. The third-order valence-corrected chi connectivity index (χ3v) is 4.33. The van der Waals surface area contributed by atoms with E-state index in [9.17, 15) is 4.79 Å². The van der Waals surface area contributed by atoms with Crippen molar-refractivity contribution in [3.8, 4) is 0 Å². The van der Waals surface area contributed by atoms with Crippen LogP contribution in [0.2, 0.25) is 5.02 Å². The lowest BCUT2D eigenvalue weighted by Gasteiger charge is -2.26. The molecule has 0 spiro atoms. The Morgan fingerprint density at radius 3 is 2.65 bits per heavy atom. The van der Waals surface area contributed by atoms with Gasteiger partial charge in [0.25, 0.3) is 0 Å². The molecule has 0 aliphatic heterocycles. The van der Waals surface area contributed by atoms with Crippen LogP contribution in [0.5, 0.6) is 0 Å². The molecule has 1 fully saturated rings. The van der Waals surface area contributed by atoms with Gasteiger partial charge in [0.15, 0.2) is 5.84 Å². The Balaban J connectivity index is 2.23. The maximum absolute atomic E-state index is 12.5. The van der Waals surface area contributed by atoms with Crippen molar-refractivity contribution in [2.45, 2.75) is 32.6 Å². The smallest absolute Gasteiger partial charge is 0.238 e. The molecule has 2 rings (SSSR count). The molecule has 6 heteroatoms. The van der Waals surface area contributed by atoms with Gasteiger partial charge in [-0.1, -0.05) is 35.7 Å². The minimum atomic E-state index is -0.911. The Kier molecular flexibility index (Phi) is 4.18. The van der Waals surface area contributed by atoms with Crippen LogP contribution >= 0.6 is 11.6 Å². The van der Waals surface area contributed by atoms with Crippen LogP contribution in [0, 0.1) is 12.3 Å². The van der Waals surface area contributed by atoms with E-state index in [4.69, 9.17) is 22.5 Å². The number of nitrogens with two attached hydrogens (primary N) is 1. The normalized spacial score (nSPS) is 18.0. The molecule has 108 valence electrons. The molecule has 4 N–H and O–H groups in total. The fourth-order valence-electron chi connectivity index (χ4n) is 2.60. The lowest BCUT2D eigenvalue weighted by molar-refractivity contribution is -0.122. The summed E-state index contributed by atoms with van der Waals surface area (Å²) in [6.07, 6.45) is 2.96. The maximum Gasteiger partial charge on any atom is 0.238 e. The summed E-state index contributed by atoms with van der Waals surface area (Å²) in [5.74, 6) is -0.268. The summed E-state index contributed by atoms with van der Waals surface area (Å²) >= 11 is 6.04. The van der Waals surface area contributed by atoms with E-state index in [0.29, 0.717) is 23.6 Å². The van der Waals surface area contributed by atoms with Crippen molar-refractivity contribution >= 4 is 29.0 Å². The number of aryl methyl sites for hydroxylation is 1. The molecule has 1 aliphatic carbocycles. The van der Waals surface area contributed by atoms with E-state index in [1.165, 1.54) is 0 Å². The zero-order chi connectivity index (χ0) is 14.8. The highest BCUT2D eigenvalue weighted by Gasteiger charge is 2.45. The Morgan fingerprint density at radius 1 is 1.45 bits per heavy atom. The van der Waals surface area contributed by atoms with Crippen molar-refractivity contribution in [1.82, 2.24) is 0 Å². The van der Waals surface area contributed by atoms with Crippen LogP contribution in [0.15, 0.2) is 23.4 Å². The number of carbonyl (C=O) groups excluding carboxylic acids is 1. The number of rotatable bonds is 3. The second-order valence-corrected chi connectivity index (χ2v) is 5.60. The molecule has 1 amide bonds. The highest BCUT2D eigenvalue weighted by atomic mass is 35.5. The fourth-order valence-corrected chi connectivity index (χ4v) is 2.78. The predicted octanol–water partition coefficient (Wildman–Crippen LogP) is 2.89. The van der Waals surface area contributed by atoms with E-state index in [0.717, 1.165) is 18.4 Å². The van der Waals surface area contributed by atoms with Crippen LogP contribution in [-0.2, 0) is 4.79 Å². The minimum Gasteiger partial charge on any atom is -0.409 e. The summed E-state index contributed by atoms with van der Waals surface area (Å²) in [4.78, 5) is 12.5. The summed E-state index contributed by atoms with van der Waals surface area (Å²) in [6.45, 7) is 1.89. The lowest BCUT2D eigenvalue weighted by Crippen LogP contribution is -2.45. The predicted molar refractivity (Wildman–Crippen MR) is 79.1 cm³/mol. The summed E-state index contributed by atoms with van der Waals surface area (Å²) in [7, 11) is 0. The van der Waals surface area contributed by atoms with Crippen molar-refractivity contribution in [3.63, 3.8) is 0 Å². The molecule has 0 heterocycles. The third-order valence-electron chi connectivity index (χ3n) is 3.92. The number of hydrogen-bond donors (Lipinski definition) is 3. The van der Waals surface area contributed by atoms with Crippen molar-refractivity contribution in [2.24, 2.45) is 16.3 Å². The van der Waals surface area contributed by atoms with Crippen molar-refractivity contribution < 1.29 is 10.0 Å². The number of hydrogen-bond acceptors (Lipinski definition) is 3. The summed E-state index contributed by atoms with van der Waals surface area (Å²) < 4.78 is 0. The van der Waals surface area contributed by atoms with E-state index in [-0.39, 0.29) is 11.7 Å². The Morgan fingerprint density at radius 2 is 2.10 bits per heavy atom. The molecule has 0 bridgehead atoms. The number of nitrogens with zero attached hydrogens (tertiary/aromatic N) is 1. The van der Waals surface area contributed by atoms with E-state index >= 15 is 0 Å². The second-order valence-electron chi connectivity index (χ2n) is 5.19. The summed E-state index contributed by atoms with van der Waals surface area (Å²) in [5.41, 5.74) is 6.38. The number of carbonyl (C=O) groups is 1. The largest absolute Gasteiger partial charge is 0.409 e. The quantitative estimate of drug-likeness (QED) is 0.347. The first-order chi connectivity index (χ1) is 9.49. The molecule has 0 atom stereocenters. The van der Waals surface area contributed by atoms with E-state index in [2.05, 4.69) is 10.5 Å². The molecule has 1 aliphatic rings. The maximum atomic E-state index is 12.5. The van der Waals surface area contributed by atoms with Crippen LogP contribution < -0.4 is 11.1 Å². The molecule has 1 aromatic carbocycles. The third kappa shape index (κ3) is 2.58. The number of benzene rings is 1. The molecular formula is C14H18ClN3O2. The van der Waals surface area contributed by atoms with Crippen LogP contribution in [-0.4, -0.2) is 17.0 Å². The molecule has 20 heavy (non-hydrogen) atoms.